The van der Waals surface area contributed by atoms with Crippen LogP contribution in [0, 0.1) is 10.8 Å². The minimum atomic E-state index is -0.788. The monoisotopic (exact) mass is 286 g/mol. The van der Waals surface area contributed by atoms with E-state index < -0.39 is 22.4 Å². The van der Waals surface area contributed by atoms with Gasteiger partial charge in [0.2, 0.25) is 0 Å². The molecule has 114 valence electrons. The summed E-state index contributed by atoms with van der Waals surface area (Å²) in [5, 5.41) is 20.1. The van der Waals surface area contributed by atoms with Gasteiger partial charge in [0.1, 0.15) is 0 Å². The van der Waals surface area contributed by atoms with Gasteiger partial charge < -0.3 is 29.2 Å². The van der Waals surface area contributed by atoms with Crippen LogP contribution in [0.5, 0.6) is 0 Å². The molecule has 2 aliphatic heterocycles. The zero-order valence-electron chi connectivity index (χ0n) is 11.6. The van der Waals surface area contributed by atoms with Gasteiger partial charge in [0.05, 0.1) is 50.5 Å². The van der Waals surface area contributed by atoms with Gasteiger partial charge in [-0.15, -0.1) is 0 Å². The highest BCUT2D eigenvalue weighted by molar-refractivity contribution is 5.17. The van der Waals surface area contributed by atoms with Gasteiger partial charge in [-0.25, -0.2) is 0 Å². The number of ether oxygens (including phenoxy) is 4. The molecule has 0 aromatic rings. The van der Waals surface area contributed by atoms with Gasteiger partial charge in [0.15, 0.2) is 11.6 Å². The van der Waals surface area contributed by atoms with E-state index in [0.29, 0.717) is 39.3 Å². The van der Waals surface area contributed by atoms with Crippen LogP contribution in [0.1, 0.15) is 25.7 Å². The first kappa shape index (κ1) is 13.4. The Labute approximate surface area is 118 Å². The van der Waals surface area contributed by atoms with Crippen molar-refractivity contribution in [1.29, 1.82) is 0 Å². The van der Waals surface area contributed by atoms with Gasteiger partial charge in [0.25, 0.3) is 0 Å². The van der Waals surface area contributed by atoms with Crippen LogP contribution in [-0.2, 0) is 18.9 Å². The van der Waals surface area contributed by atoms with E-state index in [9.17, 15) is 10.2 Å². The molecule has 5 rings (SSSR count). The van der Waals surface area contributed by atoms with Crippen molar-refractivity contribution in [2.45, 2.75) is 37.3 Å². The highest BCUT2D eigenvalue weighted by Gasteiger charge is 2.75. The number of hydrogen-bond acceptors (Lipinski definition) is 6. The van der Waals surface area contributed by atoms with E-state index in [-0.39, 0.29) is 13.2 Å². The fourth-order valence-corrected chi connectivity index (χ4v) is 4.81. The van der Waals surface area contributed by atoms with E-state index in [1.807, 2.05) is 0 Å². The first-order chi connectivity index (χ1) is 9.66. The molecule has 0 aromatic carbocycles. The fourth-order valence-electron chi connectivity index (χ4n) is 4.81. The SMILES string of the molecule is OCC12CCC(CO)(CC13OCCO3)C1(C2)OCCO1. The van der Waals surface area contributed by atoms with Gasteiger partial charge in [-0.1, -0.05) is 0 Å². The quantitative estimate of drug-likeness (QED) is 0.745. The molecule has 0 radical (unpaired) electrons. The van der Waals surface area contributed by atoms with Crippen molar-refractivity contribution in [3.05, 3.63) is 0 Å². The molecule has 5 fully saturated rings. The minimum Gasteiger partial charge on any atom is -0.396 e. The standard InChI is InChI=1S/C14H22O6/c15-9-11-1-2-12(10-16,8-13(11)17-3-4-18-13)14(7-11)19-5-6-20-14/h15-16H,1-10H2. The van der Waals surface area contributed by atoms with Gasteiger partial charge in [-0.05, 0) is 12.8 Å². The Kier molecular flexibility index (Phi) is 2.79. The van der Waals surface area contributed by atoms with Crippen molar-refractivity contribution in [3.8, 4) is 0 Å². The van der Waals surface area contributed by atoms with E-state index in [0.717, 1.165) is 12.8 Å². The Balaban J connectivity index is 1.80. The summed E-state index contributed by atoms with van der Waals surface area (Å²) < 4.78 is 23.7. The summed E-state index contributed by atoms with van der Waals surface area (Å²) in [5.74, 6) is -1.58. The Morgan fingerprint density at radius 1 is 0.650 bits per heavy atom. The van der Waals surface area contributed by atoms with Gasteiger partial charge >= 0.3 is 0 Å². The van der Waals surface area contributed by atoms with E-state index in [2.05, 4.69) is 0 Å². The summed E-state index contributed by atoms with van der Waals surface area (Å²) in [6.45, 7) is 2.14. The van der Waals surface area contributed by atoms with E-state index in [4.69, 9.17) is 18.9 Å². The molecule has 2 spiro atoms. The van der Waals surface area contributed by atoms with Crippen LogP contribution < -0.4 is 0 Å². The molecule has 2 atom stereocenters. The second kappa shape index (κ2) is 4.15. The molecule has 5 aliphatic rings. The lowest BCUT2D eigenvalue weighted by Gasteiger charge is -2.66. The topological polar surface area (TPSA) is 77.4 Å². The lowest BCUT2D eigenvalue weighted by Crippen LogP contribution is -2.72. The number of hydrogen-bond donors (Lipinski definition) is 2. The zero-order valence-corrected chi connectivity index (χ0v) is 11.6. The van der Waals surface area contributed by atoms with Gasteiger partial charge in [0, 0.05) is 12.8 Å². The lowest BCUT2D eigenvalue weighted by molar-refractivity contribution is -0.398. The Hall–Kier alpha value is -0.240. The number of aliphatic hydroxyl groups excluding tert-OH is 2. The summed E-state index contributed by atoms with van der Waals surface area (Å²) in [5.41, 5.74) is -0.991. The van der Waals surface area contributed by atoms with E-state index in [1.165, 1.54) is 0 Å². The smallest absolute Gasteiger partial charge is 0.177 e. The van der Waals surface area contributed by atoms with Gasteiger partial charge in [-0.3, -0.25) is 0 Å². The molecule has 2 saturated heterocycles. The first-order valence-corrected chi connectivity index (χ1v) is 7.43. The summed E-state index contributed by atoms with van der Waals surface area (Å²) in [6.07, 6.45) is 2.57. The van der Waals surface area contributed by atoms with Crippen molar-refractivity contribution in [1.82, 2.24) is 0 Å². The molecule has 0 aromatic heterocycles. The van der Waals surface area contributed by atoms with Crippen molar-refractivity contribution in [2.24, 2.45) is 10.8 Å². The predicted octanol–water partition coefficient (Wildman–Crippen LogP) is 0.0176. The maximum absolute atomic E-state index is 10.1. The first-order valence-electron chi connectivity index (χ1n) is 7.43. The van der Waals surface area contributed by atoms with Crippen LogP contribution in [-0.4, -0.2) is 61.4 Å². The van der Waals surface area contributed by atoms with E-state index in [1.54, 1.807) is 0 Å². The molecule has 3 aliphatic carbocycles. The number of fused-ring (bicyclic) bond motifs is 1. The van der Waals surface area contributed by atoms with Crippen molar-refractivity contribution in [3.63, 3.8) is 0 Å². The lowest BCUT2D eigenvalue weighted by atomic mass is 9.48. The summed E-state index contributed by atoms with van der Waals surface area (Å²) >= 11 is 0. The molecular weight excluding hydrogens is 264 g/mol. The normalized spacial score (nSPS) is 44.7. The largest absolute Gasteiger partial charge is 0.396 e. The predicted molar refractivity (Wildman–Crippen MR) is 66.8 cm³/mol. The number of rotatable bonds is 2. The van der Waals surface area contributed by atoms with Crippen molar-refractivity contribution < 1.29 is 29.2 Å². The third kappa shape index (κ3) is 1.35. The molecular formula is C14H22O6. The average Bonchev–Trinajstić information content (AvgIpc) is 3.12. The van der Waals surface area contributed by atoms with Crippen LogP contribution in [0.3, 0.4) is 0 Å². The minimum absolute atomic E-state index is 0.0109. The fraction of sp³-hybridized carbons (Fsp3) is 1.00. The van der Waals surface area contributed by atoms with Crippen LogP contribution in [0.2, 0.25) is 0 Å². The third-order valence-electron chi connectivity index (χ3n) is 5.95. The van der Waals surface area contributed by atoms with E-state index >= 15 is 0 Å². The summed E-state index contributed by atoms with van der Waals surface area (Å²) in [4.78, 5) is 0. The molecule has 0 amide bonds. The molecule has 2 N–H and O–H groups in total. The van der Waals surface area contributed by atoms with Crippen LogP contribution in [0.25, 0.3) is 0 Å². The van der Waals surface area contributed by atoms with Crippen LogP contribution in [0.15, 0.2) is 0 Å². The highest BCUT2D eigenvalue weighted by atomic mass is 16.8. The Bertz CT molecular complexity index is 362. The highest BCUT2D eigenvalue weighted by Crippen LogP contribution is 2.69. The second-order valence-electron chi connectivity index (χ2n) is 6.63. The third-order valence-corrected chi connectivity index (χ3v) is 5.95. The van der Waals surface area contributed by atoms with Crippen molar-refractivity contribution >= 4 is 0 Å². The average molecular weight is 286 g/mol. The van der Waals surface area contributed by atoms with Gasteiger partial charge in [-0.2, -0.15) is 0 Å². The maximum atomic E-state index is 10.1. The Morgan fingerprint density at radius 3 is 1.30 bits per heavy atom. The Morgan fingerprint density at radius 2 is 1.00 bits per heavy atom. The van der Waals surface area contributed by atoms with Crippen LogP contribution in [0.4, 0.5) is 0 Å². The number of aliphatic hydroxyl groups is 2. The molecule has 2 heterocycles. The zero-order chi connectivity index (χ0) is 13.9. The molecule has 6 nitrogen and oxygen atoms in total. The second-order valence-corrected chi connectivity index (χ2v) is 6.63. The molecule has 6 heteroatoms. The summed E-state index contributed by atoms with van der Waals surface area (Å²) in [7, 11) is 0. The van der Waals surface area contributed by atoms with Crippen LogP contribution >= 0.6 is 0 Å². The maximum Gasteiger partial charge on any atom is 0.177 e. The summed E-state index contributed by atoms with van der Waals surface area (Å²) in [6, 6.07) is 0. The molecule has 2 bridgehead atoms. The van der Waals surface area contributed by atoms with Crippen molar-refractivity contribution in [2.75, 3.05) is 39.6 Å². The molecule has 3 saturated carbocycles. The molecule has 2 unspecified atom stereocenters. The molecule has 20 heavy (non-hydrogen) atoms.